The molecule has 4 nitrogen and oxygen atoms in total. The molecule has 0 radical (unpaired) electrons. The Labute approximate surface area is 124 Å². The van der Waals surface area contributed by atoms with Crippen LogP contribution < -0.4 is 0 Å². The van der Waals surface area contributed by atoms with Crippen molar-refractivity contribution in [1.29, 1.82) is 0 Å². The van der Waals surface area contributed by atoms with Gasteiger partial charge in [0, 0.05) is 20.0 Å². The van der Waals surface area contributed by atoms with Gasteiger partial charge in [-0.05, 0) is 33.1 Å². The highest BCUT2D eigenvalue weighted by Gasteiger charge is 2.26. The number of nitrogens with zero attached hydrogens (tertiary/aromatic N) is 1. The Bertz CT molecular complexity index is 285. The number of rotatable bonds is 6. The molecule has 0 bridgehead atoms. The molecule has 1 amide bonds. The van der Waals surface area contributed by atoms with Gasteiger partial charge in [0.25, 0.3) is 0 Å². The number of carbonyl (C=O) groups excluding carboxylic acids is 2. The van der Waals surface area contributed by atoms with E-state index in [0.717, 1.165) is 19.3 Å². The van der Waals surface area contributed by atoms with E-state index in [-0.39, 0.29) is 23.2 Å². The summed E-state index contributed by atoms with van der Waals surface area (Å²) in [6, 6.07) is 0. The van der Waals surface area contributed by atoms with Crippen LogP contribution in [0.5, 0.6) is 0 Å². The van der Waals surface area contributed by atoms with Crippen LogP contribution in [0.3, 0.4) is 0 Å². The summed E-state index contributed by atoms with van der Waals surface area (Å²) >= 11 is 0. The molecule has 0 rings (SSSR count). The molecule has 20 heavy (non-hydrogen) atoms. The van der Waals surface area contributed by atoms with Crippen LogP contribution in [0.1, 0.15) is 60.8 Å². The lowest BCUT2D eigenvalue weighted by Crippen LogP contribution is -2.27. The van der Waals surface area contributed by atoms with Crippen molar-refractivity contribution in [3.8, 4) is 0 Å². The van der Waals surface area contributed by atoms with Gasteiger partial charge in [0.2, 0.25) is 5.91 Å². The van der Waals surface area contributed by atoms with Crippen LogP contribution in [0.25, 0.3) is 0 Å². The van der Waals surface area contributed by atoms with Crippen molar-refractivity contribution in [1.82, 2.24) is 4.90 Å². The van der Waals surface area contributed by atoms with Gasteiger partial charge in [0.1, 0.15) is 0 Å². The predicted octanol–water partition coefficient (Wildman–Crippen LogP) is 3.50. The summed E-state index contributed by atoms with van der Waals surface area (Å²) in [5, 5.41) is 0. The number of esters is 1. The third-order valence-corrected chi connectivity index (χ3v) is 3.35. The van der Waals surface area contributed by atoms with Crippen LogP contribution in [0, 0.1) is 11.3 Å². The van der Waals surface area contributed by atoms with Crippen molar-refractivity contribution in [2.24, 2.45) is 11.3 Å². The molecular formula is C16H33NO3. The van der Waals surface area contributed by atoms with Crippen LogP contribution >= 0.6 is 0 Å². The van der Waals surface area contributed by atoms with E-state index < -0.39 is 0 Å². The largest absolute Gasteiger partial charge is 0.465 e. The Kier molecular flexibility index (Phi) is 11.4. The van der Waals surface area contributed by atoms with E-state index in [9.17, 15) is 9.59 Å². The van der Waals surface area contributed by atoms with Gasteiger partial charge in [-0.1, -0.05) is 27.7 Å². The molecule has 0 aliphatic rings. The zero-order valence-electron chi connectivity index (χ0n) is 14.6. The van der Waals surface area contributed by atoms with Gasteiger partial charge in [-0.2, -0.15) is 0 Å². The SMILES string of the molecule is CCC(C)C(=O)N(C)C.CCCOC(=O)C(C)(C)CC. The maximum atomic E-state index is 11.2. The Balaban J connectivity index is 0. The van der Waals surface area contributed by atoms with Crippen LogP contribution in [0.2, 0.25) is 0 Å². The quantitative estimate of drug-likeness (QED) is 0.702. The highest BCUT2D eigenvalue weighted by atomic mass is 16.5. The van der Waals surface area contributed by atoms with Crippen molar-refractivity contribution in [3.05, 3.63) is 0 Å². The first-order valence-corrected chi connectivity index (χ1v) is 7.52. The number of hydrogen-bond acceptors (Lipinski definition) is 3. The van der Waals surface area contributed by atoms with Crippen LogP contribution in [0.15, 0.2) is 0 Å². The highest BCUT2D eigenvalue weighted by Crippen LogP contribution is 2.21. The van der Waals surface area contributed by atoms with E-state index in [1.54, 1.807) is 19.0 Å². The summed E-state index contributed by atoms with van der Waals surface area (Å²) < 4.78 is 5.01. The Morgan fingerprint density at radius 1 is 1.15 bits per heavy atom. The molecule has 0 spiro atoms. The first kappa shape index (κ1) is 21.2. The van der Waals surface area contributed by atoms with Crippen molar-refractivity contribution >= 4 is 11.9 Å². The van der Waals surface area contributed by atoms with E-state index in [1.165, 1.54) is 0 Å². The molecule has 4 heteroatoms. The van der Waals surface area contributed by atoms with Gasteiger partial charge in [0.15, 0.2) is 0 Å². The standard InChI is InChI=1S/C9H18O2.C7H15NO/c1-5-7-11-8(10)9(3,4)6-2;1-5-6(2)7(9)8(3)4/h5-7H2,1-4H3;6H,5H2,1-4H3. The van der Waals surface area contributed by atoms with Gasteiger partial charge in [-0.15, -0.1) is 0 Å². The number of amides is 1. The van der Waals surface area contributed by atoms with Gasteiger partial charge in [-0.25, -0.2) is 0 Å². The average molecular weight is 287 g/mol. The second-order valence-corrected chi connectivity index (χ2v) is 5.92. The smallest absolute Gasteiger partial charge is 0.311 e. The summed E-state index contributed by atoms with van der Waals surface area (Å²) in [5.74, 6) is 0.319. The molecule has 0 fully saturated rings. The maximum absolute atomic E-state index is 11.2. The molecule has 0 N–H and O–H groups in total. The summed E-state index contributed by atoms with van der Waals surface area (Å²) in [6.45, 7) is 12.3. The maximum Gasteiger partial charge on any atom is 0.311 e. The van der Waals surface area contributed by atoms with Crippen molar-refractivity contribution in [3.63, 3.8) is 0 Å². The van der Waals surface area contributed by atoms with Crippen LogP contribution in [0.4, 0.5) is 0 Å². The minimum absolute atomic E-state index is 0.0816. The number of hydrogen-bond donors (Lipinski definition) is 0. The molecule has 0 saturated heterocycles. The number of carbonyl (C=O) groups is 2. The van der Waals surface area contributed by atoms with Gasteiger partial charge >= 0.3 is 5.97 Å². The van der Waals surface area contributed by atoms with Crippen LogP contribution in [-0.2, 0) is 14.3 Å². The van der Waals surface area contributed by atoms with Gasteiger partial charge in [0.05, 0.1) is 12.0 Å². The molecule has 0 aliphatic carbocycles. The lowest BCUT2D eigenvalue weighted by Gasteiger charge is -2.19. The highest BCUT2D eigenvalue weighted by molar-refractivity contribution is 5.77. The third kappa shape index (κ3) is 8.94. The average Bonchev–Trinajstić information content (AvgIpc) is 2.43. The van der Waals surface area contributed by atoms with E-state index in [0.29, 0.717) is 6.61 Å². The molecule has 0 aromatic heterocycles. The molecule has 1 unspecified atom stereocenters. The summed E-state index contributed by atoms with van der Waals surface area (Å²) in [6.07, 6.45) is 2.65. The summed E-state index contributed by atoms with van der Waals surface area (Å²) in [4.78, 5) is 23.9. The minimum atomic E-state index is -0.310. The molecule has 0 aromatic carbocycles. The second kappa shape index (κ2) is 10.7. The van der Waals surface area contributed by atoms with E-state index in [4.69, 9.17) is 4.74 Å². The normalized spacial score (nSPS) is 12.0. The zero-order valence-corrected chi connectivity index (χ0v) is 14.6. The van der Waals surface area contributed by atoms with Crippen molar-refractivity contribution in [2.45, 2.75) is 60.8 Å². The molecule has 1 atom stereocenters. The first-order chi connectivity index (χ1) is 9.13. The third-order valence-electron chi connectivity index (χ3n) is 3.35. The van der Waals surface area contributed by atoms with E-state index in [2.05, 4.69) is 0 Å². The lowest BCUT2D eigenvalue weighted by atomic mass is 9.91. The van der Waals surface area contributed by atoms with Gasteiger partial charge in [-0.3, -0.25) is 9.59 Å². The summed E-state index contributed by atoms with van der Waals surface area (Å²) in [5.41, 5.74) is -0.310. The fourth-order valence-corrected chi connectivity index (χ4v) is 1.15. The van der Waals surface area contributed by atoms with E-state index >= 15 is 0 Å². The predicted molar refractivity (Wildman–Crippen MR) is 83.5 cm³/mol. The fraction of sp³-hybridized carbons (Fsp3) is 0.875. The molecular weight excluding hydrogens is 254 g/mol. The molecule has 0 aromatic rings. The Morgan fingerprint density at radius 2 is 1.65 bits per heavy atom. The topological polar surface area (TPSA) is 46.6 Å². The zero-order chi connectivity index (χ0) is 16.3. The minimum Gasteiger partial charge on any atom is -0.465 e. The molecule has 0 heterocycles. The molecule has 0 aliphatic heterocycles. The number of ether oxygens (including phenoxy) is 1. The molecule has 120 valence electrons. The van der Waals surface area contributed by atoms with Crippen molar-refractivity contribution in [2.75, 3.05) is 20.7 Å². The fourth-order valence-electron chi connectivity index (χ4n) is 1.15. The van der Waals surface area contributed by atoms with Crippen LogP contribution in [-0.4, -0.2) is 37.5 Å². The lowest BCUT2D eigenvalue weighted by molar-refractivity contribution is -0.154. The Morgan fingerprint density at radius 3 is 1.90 bits per heavy atom. The molecule has 0 saturated carbocycles. The first-order valence-electron chi connectivity index (χ1n) is 7.52. The Hall–Kier alpha value is -1.06. The summed E-state index contributed by atoms with van der Waals surface area (Å²) in [7, 11) is 3.57. The second-order valence-electron chi connectivity index (χ2n) is 5.92. The van der Waals surface area contributed by atoms with Gasteiger partial charge < -0.3 is 9.64 Å². The van der Waals surface area contributed by atoms with E-state index in [1.807, 2.05) is 41.5 Å². The van der Waals surface area contributed by atoms with Crippen molar-refractivity contribution < 1.29 is 14.3 Å². The monoisotopic (exact) mass is 287 g/mol.